The Morgan fingerprint density at radius 1 is 0.900 bits per heavy atom. The summed E-state index contributed by atoms with van der Waals surface area (Å²) in [6.07, 6.45) is 0. The average molecular weight is 312 g/mol. The molecule has 0 bridgehead atoms. The number of amides is 1. The van der Waals surface area contributed by atoms with Crippen LogP contribution in [-0.4, -0.2) is 30.2 Å². The van der Waals surface area contributed by atoms with Gasteiger partial charge in [-0.05, 0) is 48.7 Å². The third kappa shape index (κ3) is 5.24. The third-order valence-corrected chi connectivity index (χ3v) is 2.82. The predicted molar refractivity (Wildman–Crippen MR) is 87.1 cm³/mol. The van der Waals surface area contributed by atoms with Gasteiger partial charge in [0.15, 0.2) is 10.2 Å². The van der Waals surface area contributed by atoms with Crippen molar-refractivity contribution in [1.82, 2.24) is 26.9 Å². The Bertz CT molecular complexity index is 490. The minimum atomic E-state index is -0.284. The van der Waals surface area contributed by atoms with Crippen molar-refractivity contribution in [3.05, 3.63) is 29.8 Å². The fourth-order valence-corrected chi connectivity index (χ4v) is 1.25. The van der Waals surface area contributed by atoms with Gasteiger partial charge in [0.25, 0.3) is 5.91 Å². The lowest BCUT2D eigenvalue weighted by Gasteiger charge is -2.11. The van der Waals surface area contributed by atoms with Gasteiger partial charge in [0, 0.05) is 19.7 Å². The van der Waals surface area contributed by atoms with Crippen molar-refractivity contribution in [3.8, 4) is 0 Å². The number of thiocarbonyl (C=S) groups is 2. The zero-order valence-corrected chi connectivity index (χ0v) is 12.7. The summed E-state index contributed by atoms with van der Waals surface area (Å²) < 4.78 is 0. The van der Waals surface area contributed by atoms with Crippen LogP contribution < -0.4 is 32.3 Å². The van der Waals surface area contributed by atoms with Gasteiger partial charge in [-0.15, -0.1) is 0 Å². The van der Waals surface area contributed by atoms with E-state index in [4.69, 9.17) is 24.4 Å². The predicted octanol–water partition coefficient (Wildman–Crippen LogP) is -0.154. The second-order valence-corrected chi connectivity index (χ2v) is 4.38. The van der Waals surface area contributed by atoms with E-state index >= 15 is 0 Å². The number of carbonyl (C=O) groups is 1. The zero-order chi connectivity index (χ0) is 15.0. The van der Waals surface area contributed by atoms with Gasteiger partial charge >= 0.3 is 0 Å². The lowest BCUT2D eigenvalue weighted by atomic mass is 10.2. The fourth-order valence-electron chi connectivity index (χ4n) is 1.14. The zero-order valence-electron chi connectivity index (χ0n) is 11.0. The van der Waals surface area contributed by atoms with E-state index in [2.05, 4.69) is 32.3 Å². The summed E-state index contributed by atoms with van der Waals surface area (Å²) in [5.74, 6) is -0.284. The third-order valence-electron chi connectivity index (χ3n) is 2.21. The van der Waals surface area contributed by atoms with Gasteiger partial charge in [-0.25, -0.2) is 0 Å². The molecular formula is C11H16N6OS2. The van der Waals surface area contributed by atoms with Crippen molar-refractivity contribution >= 4 is 46.3 Å². The first-order chi connectivity index (χ1) is 9.56. The quantitative estimate of drug-likeness (QED) is 0.339. The largest absolute Gasteiger partial charge is 0.364 e. The Morgan fingerprint density at radius 2 is 1.45 bits per heavy atom. The summed E-state index contributed by atoms with van der Waals surface area (Å²) >= 11 is 9.76. The van der Waals surface area contributed by atoms with Crippen LogP contribution in [0.1, 0.15) is 10.4 Å². The van der Waals surface area contributed by atoms with Crippen LogP contribution in [0, 0.1) is 0 Å². The molecule has 1 amide bonds. The monoisotopic (exact) mass is 312 g/mol. The van der Waals surface area contributed by atoms with Gasteiger partial charge in [0.2, 0.25) is 0 Å². The number of anilines is 1. The number of hydrogen-bond donors (Lipinski definition) is 6. The molecule has 0 unspecified atom stereocenters. The normalized spacial score (nSPS) is 9.10. The number of benzene rings is 1. The summed E-state index contributed by atoms with van der Waals surface area (Å²) in [5.41, 5.74) is 12.0. The van der Waals surface area contributed by atoms with Crippen molar-refractivity contribution in [1.29, 1.82) is 0 Å². The van der Waals surface area contributed by atoms with Crippen molar-refractivity contribution < 1.29 is 4.79 Å². The molecule has 0 heterocycles. The molecule has 108 valence electrons. The average Bonchev–Trinajstić information content (AvgIpc) is 2.50. The van der Waals surface area contributed by atoms with Crippen molar-refractivity contribution in [2.45, 2.75) is 0 Å². The van der Waals surface area contributed by atoms with Crippen LogP contribution in [0.2, 0.25) is 0 Å². The molecule has 0 atom stereocenters. The number of hydrazine groups is 2. The van der Waals surface area contributed by atoms with E-state index in [1.54, 1.807) is 38.4 Å². The van der Waals surface area contributed by atoms with Crippen LogP contribution in [0.25, 0.3) is 0 Å². The van der Waals surface area contributed by atoms with E-state index in [1.807, 2.05) is 0 Å². The molecule has 1 aromatic rings. The summed E-state index contributed by atoms with van der Waals surface area (Å²) in [6.45, 7) is 0. The highest BCUT2D eigenvalue weighted by atomic mass is 32.1. The second-order valence-electron chi connectivity index (χ2n) is 3.56. The van der Waals surface area contributed by atoms with E-state index in [0.717, 1.165) is 5.69 Å². The van der Waals surface area contributed by atoms with Crippen molar-refractivity contribution in [3.63, 3.8) is 0 Å². The molecule has 9 heteroatoms. The van der Waals surface area contributed by atoms with Gasteiger partial charge in [0.1, 0.15) is 0 Å². The highest BCUT2D eigenvalue weighted by molar-refractivity contribution is 7.80. The van der Waals surface area contributed by atoms with Crippen LogP contribution >= 0.6 is 24.4 Å². The number of hydrogen-bond acceptors (Lipinski definition) is 4. The molecule has 1 aromatic carbocycles. The topological polar surface area (TPSA) is 89.2 Å². The molecule has 0 radical (unpaired) electrons. The van der Waals surface area contributed by atoms with Crippen LogP contribution in [0.5, 0.6) is 0 Å². The Labute approximate surface area is 127 Å². The molecule has 0 fully saturated rings. The van der Waals surface area contributed by atoms with Crippen LogP contribution in [0.3, 0.4) is 0 Å². The number of nitrogens with one attached hydrogen (secondary N) is 6. The fraction of sp³-hybridized carbons (Fsp3) is 0.182. The van der Waals surface area contributed by atoms with E-state index in [1.165, 1.54) is 0 Å². The molecule has 0 saturated heterocycles. The molecule has 0 aliphatic heterocycles. The molecule has 0 spiro atoms. The molecule has 1 rings (SSSR count). The van der Waals surface area contributed by atoms with Gasteiger partial charge in [-0.1, -0.05) is 0 Å². The maximum absolute atomic E-state index is 11.8. The van der Waals surface area contributed by atoms with Crippen molar-refractivity contribution in [2.24, 2.45) is 0 Å². The standard InChI is InChI=1S/C11H16N6OS2/c1-12-10(19)16-14-8-5-3-7(4-6-8)9(18)15-17-11(20)13-2/h3-6,14H,1-2H3,(H,15,18)(H2,12,16,19)(H2,13,17,20). The van der Waals surface area contributed by atoms with E-state index in [0.29, 0.717) is 15.8 Å². The summed E-state index contributed by atoms with van der Waals surface area (Å²) in [7, 11) is 3.37. The Hall–Kier alpha value is -2.13. The Kier molecular flexibility index (Phi) is 6.47. The molecule has 20 heavy (non-hydrogen) atoms. The first-order valence-corrected chi connectivity index (χ1v) is 6.50. The SMILES string of the molecule is CNC(=S)NNC(=O)c1ccc(NNC(=S)NC)cc1. The van der Waals surface area contributed by atoms with Crippen LogP contribution in [0.15, 0.2) is 24.3 Å². The number of carbonyl (C=O) groups excluding carboxylic acids is 1. The maximum atomic E-state index is 11.8. The highest BCUT2D eigenvalue weighted by Gasteiger charge is 2.05. The first kappa shape index (κ1) is 15.9. The molecule has 0 aliphatic rings. The minimum Gasteiger partial charge on any atom is -0.364 e. The summed E-state index contributed by atoms with van der Waals surface area (Å²) in [6, 6.07) is 6.84. The summed E-state index contributed by atoms with van der Waals surface area (Å²) in [4.78, 5) is 11.8. The maximum Gasteiger partial charge on any atom is 0.269 e. The highest BCUT2D eigenvalue weighted by Crippen LogP contribution is 2.08. The molecule has 0 aromatic heterocycles. The summed E-state index contributed by atoms with van der Waals surface area (Å²) in [5, 5.41) is 6.25. The molecule has 6 N–H and O–H groups in total. The van der Waals surface area contributed by atoms with E-state index < -0.39 is 0 Å². The first-order valence-electron chi connectivity index (χ1n) is 5.68. The van der Waals surface area contributed by atoms with Crippen LogP contribution in [-0.2, 0) is 0 Å². The van der Waals surface area contributed by atoms with E-state index in [-0.39, 0.29) is 5.91 Å². The lowest BCUT2D eigenvalue weighted by molar-refractivity contribution is 0.0944. The van der Waals surface area contributed by atoms with Gasteiger partial charge in [-0.2, -0.15) is 0 Å². The minimum absolute atomic E-state index is 0.284. The Balaban J connectivity index is 2.51. The lowest BCUT2D eigenvalue weighted by Crippen LogP contribution is -2.45. The molecule has 0 saturated carbocycles. The van der Waals surface area contributed by atoms with Gasteiger partial charge < -0.3 is 10.6 Å². The smallest absolute Gasteiger partial charge is 0.269 e. The molecule has 7 nitrogen and oxygen atoms in total. The van der Waals surface area contributed by atoms with Gasteiger partial charge in [0.05, 0.1) is 5.69 Å². The molecular weight excluding hydrogens is 296 g/mol. The van der Waals surface area contributed by atoms with Crippen LogP contribution in [0.4, 0.5) is 5.69 Å². The molecule has 0 aliphatic carbocycles. The van der Waals surface area contributed by atoms with Gasteiger partial charge in [-0.3, -0.25) is 26.5 Å². The van der Waals surface area contributed by atoms with E-state index in [9.17, 15) is 4.79 Å². The Morgan fingerprint density at radius 3 is 2.00 bits per heavy atom. The second kappa shape index (κ2) is 8.12. The van der Waals surface area contributed by atoms with Crippen molar-refractivity contribution in [2.75, 3.05) is 19.5 Å². The number of rotatable bonds is 3.